The molecule has 0 bridgehead atoms. The molecule has 0 aromatic carbocycles. The molecule has 0 aliphatic heterocycles. The Balaban J connectivity index is 1.83. The van der Waals surface area contributed by atoms with Crippen molar-refractivity contribution < 1.29 is 0 Å². The third kappa shape index (κ3) is 4.48. The van der Waals surface area contributed by atoms with Crippen LogP contribution in [-0.2, 0) is 0 Å². The van der Waals surface area contributed by atoms with Crippen LogP contribution in [0.5, 0.6) is 0 Å². The summed E-state index contributed by atoms with van der Waals surface area (Å²) >= 11 is 0. The average Bonchev–Trinajstić information content (AvgIpc) is 2.75. The zero-order valence-corrected chi connectivity index (χ0v) is 13.6. The highest BCUT2D eigenvalue weighted by Crippen LogP contribution is 2.45. The summed E-state index contributed by atoms with van der Waals surface area (Å²) in [7, 11) is 0. The molecule has 0 aromatic heterocycles. The predicted octanol–water partition coefficient (Wildman–Crippen LogP) is 4.72. The molecule has 1 N–H and O–H groups in total. The van der Waals surface area contributed by atoms with E-state index in [2.05, 4.69) is 33.0 Å². The third-order valence-corrected chi connectivity index (χ3v) is 5.50. The van der Waals surface area contributed by atoms with Crippen LogP contribution in [0.2, 0.25) is 0 Å². The van der Waals surface area contributed by atoms with Crippen molar-refractivity contribution in [1.29, 1.82) is 0 Å². The standard InChI is InChI=1S/C18H35N/c1-13(2)11-19-12-16-6-5-7-18(16)17-9-14(3)8-15(4)10-17/h13-19H,5-12H2,1-4H3. The summed E-state index contributed by atoms with van der Waals surface area (Å²) in [6, 6.07) is 0. The molecular weight excluding hydrogens is 230 g/mol. The van der Waals surface area contributed by atoms with Gasteiger partial charge >= 0.3 is 0 Å². The van der Waals surface area contributed by atoms with Gasteiger partial charge in [0, 0.05) is 0 Å². The molecule has 19 heavy (non-hydrogen) atoms. The molecule has 4 atom stereocenters. The van der Waals surface area contributed by atoms with Crippen LogP contribution in [0.4, 0.5) is 0 Å². The first-order valence-electron chi connectivity index (χ1n) is 8.77. The summed E-state index contributed by atoms with van der Waals surface area (Å²) in [6.45, 7) is 12.0. The Kier molecular flexibility index (Phi) is 5.74. The van der Waals surface area contributed by atoms with Gasteiger partial charge in [0.1, 0.15) is 0 Å². The maximum Gasteiger partial charge on any atom is -0.00177 e. The van der Waals surface area contributed by atoms with Gasteiger partial charge in [0.25, 0.3) is 0 Å². The largest absolute Gasteiger partial charge is 0.316 e. The maximum atomic E-state index is 3.72. The van der Waals surface area contributed by atoms with Gasteiger partial charge in [0.2, 0.25) is 0 Å². The van der Waals surface area contributed by atoms with Crippen molar-refractivity contribution in [3.8, 4) is 0 Å². The maximum absolute atomic E-state index is 3.72. The summed E-state index contributed by atoms with van der Waals surface area (Å²) in [6.07, 6.45) is 8.97. The van der Waals surface area contributed by atoms with Crippen LogP contribution in [0.1, 0.15) is 66.2 Å². The van der Waals surface area contributed by atoms with E-state index in [0.29, 0.717) is 0 Å². The van der Waals surface area contributed by atoms with Crippen LogP contribution >= 0.6 is 0 Å². The summed E-state index contributed by atoms with van der Waals surface area (Å²) in [5.41, 5.74) is 0. The highest BCUT2D eigenvalue weighted by Gasteiger charge is 2.36. The highest BCUT2D eigenvalue weighted by atomic mass is 14.9. The number of hydrogen-bond acceptors (Lipinski definition) is 1. The zero-order valence-electron chi connectivity index (χ0n) is 13.6. The molecule has 2 saturated carbocycles. The fraction of sp³-hybridized carbons (Fsp3) is 1.00. The normalized spacial score (nSPS) is 39.9. The molecule has 2 rings (SSSR count). The molecule has 0 aromatic rings. The molecule has 2 aliphatic carbocycles. The Morgan fingerprint density at radius 2 is 1.68 bits per heavy atom. The first-order valence-corrected chi connectivity index (χ1v) is 8.77. The first-order chi connectivity index (χ1) is 9.06. The molecule has 2 fully saturated rings. The van der Waals surface area contributed by atoms with Gasteiger partial charge in [0.05, 0.1) is 0 Å². The number of nitrogens with one attached hydrogen (secondary N) is 1. The van der Waals surface area contributed by atoms with Crippen LogP contribution < -0.4 is 5.32 Å². The second-order valence-electron chi connectivity index (χ2n) is 8.08. The lowest BCUT2D eigenvalue weighted by Crippen LogP contribution is -2.33. The Labute approximate surface area is 120 Å². The van der Waals surface area contributed by atoms with E-state index in [1.807, 2.05) is 0 Å². The average molecular weight is 265 g/mol. The van der Waals surface area contributed by atoms with Crippen molar-refractivity contribution in [3.63, 3.8) is 0 Å². The SMILES string of the molecule is CC(C)CNCC1CCCC1C1CC(C)CC(C)C1. The van der Waals surface area contributed by atoms with E-state index >= 15 is 0 Å². The van der Waals surface area contributed by atoms with E-state index < -0.39 is 0 Å². The topological polar surface area (TPSA) is 12.0 Å². The Morgan fingerprint density at radius 1 is 1.00 bits per heavy atom. The Bertz CT molecular complexity index is 250. The molecule has 0 amide bonds. The van der Waals surface area contributed by atoms with Gasteiger partial charge in [-0.15, -0.1) is 0 Å². The monoisotopic (exact) mass is 265 g/mol. The quantitative estimate of drug-likeness (QED) is 0.758. The number of hydrogen-bond donors (Lipinski definition) is 1. The summed E-state index contributed by atoms with van der Waals surface area (Å²) in [4.78, 5) is 0. The minimum Gasteiger partial charge on any atom is -0.316 e. The Hall–Kier alpha value is -0.0400. The van der Waals surface area contributed by atoms with Crippen molar-refractivity contribution in [1.82, 2.24) is 5.32 Å². The van der Waals surface area contributed by atoms with E-state index in [4.69, 9.17) is 0 Å². The van der Waals surface area contributed by atoms with Crippen LogP contribution in [0.15, 0.2) is 0 Å². The van der Waals surface area contributed by atoms with Crippen LogP contribution in [-0.4, -0.2) is 13.1 Å². The van der Waals surface area contributed by atoms with Crippen LogP contribution in [0.3, 0.4) is 0 Å². The van der Waals surface area contributed by atoms with Crippen molar-refractivity contribution >= 4 is 0 Å². The van der Waals surface area contributed by atoms with Crippen molar-refractivity contribution in [3.05, 3.63) is 0 Å². The van der Waals surface area contributed by atoms with Crippen LogP contribution in [0.25, 0.3) is 0 Å². The van der Waals surface area contributed by atoms with Gasteiger partial charge in [-0.3, -0.25) is 0 Å². The van der Waals surface area contributed by atoms with E-state index in [0.717, 1.165) is 35.5 Å². The highest BCUT2D eigenvalue weighted by molar-refractivity contribution is 4.88. The molecule has 1 heteroatoms. The van der Waals surface area contributed by atoms with Crippen LogP contribution in [0, 0.1) is 35.5 Å². The second kappa shape index (κ2) is 7.11. The lowest BCUT2D eigenvalue weighted by Gasteiger charge is -2.37. The molecule has 0 saturated heterocycles. The molecule has 1 nitrogen and oxygen atoms in total. The van der Waals surface area contributed by atoms with Gasteiger partial charge < -0.3 is 5.32 Å². The summed E-state index contributed by atoms with van der Waals surface area (Å²) in [5, 5.41) is 3.72. The molecular formula is C18H35N. The molecule has 2 aliphatic rings. The predicted molar refractivity (Wildman–Crippen MR) is 84.2 cm³/mol. The smallest absolute Gasteiger partial charge is 0.00177 e. The van der Waals surface area contributed by atoms with Crippen molar-refractivity contribution in [2.24, 2.45) is 35.5 Å². The van der Waals surface area contributed by atoms with Gasteiger partial charge in [-0.05, 0) is 80.7 Å². The lowest BCUT2D eigenvalue weighted by molar-refractivity contribution is 0.134. The second-order valence-corrected chi connectivity index (χ2v) is 8.08. The molecule has 4 unspecified atom stereocenters. The minimum absolute atomic E-state index is 0.787. The van der Waals surface area contributed by atoms with Crippen molar-refractivity contribution in [2.75, 3.05) is 13.1 Å². The Morgan fingerprint density at radius 3 is 2.32 bits per heavy atom. The zero-order chi connectivity index (χ0) is 13.8. The van der Waals surface area contributed by atoms with Gasteiger partial charge in [-0.2, -0.15) is 0 Å². The fourth-order valence-electron chi connectivity index (χ4n) is 4.86. The first kappa shape index (κ1) is 15.4. The van der Waals surface area contributed by atoms with Gasteiger partial charge in [-0.1, -0.05) is 34.1 Å². The minimum atomic E-state index is 0.787. The molecule has 0 heterocycles. The number of rotatable bonds is 5. The van der Waals surface area contributed by atoms with E-state index in [1.165, 1.54) is 51.6 Å². The third-order valence-electron chi connectivity index (χ3n) is 5.50. The fourth-order valence-corrected chi connectivity index (χ4v) is 4.86. The van der Waals surface area contributed by atoms with Crippen molar-refractivity contribution in [2.45, 2.75) is 66.2 Å². The lowest BCUT2D eigenvalue weighted by atomic mass is 9.69. The summed E-state index contributed by atoms with van der Waals surface area (Å²) in [5.74, 6) is 5.77. The molecule has 0 spiro atoms. The summed E-state index contributed by atoms with van der Waals surface area (Å²) < 4.78 is 0. The molecule has 112 valence electrons. The van der Waals surface area contributed by atoms with E-state index in [9.17, 15) is 0 Å². The molecule has 0 radical (unpaired) electrons. The van der Waals surface area contributed by atoms with E-state index in [-0.39, 0.29) is 0 Å². The van der Waals surface area contributed by atoms with Gasteiger partial charge in [0.15, 0.2) is 0 Å². The van der Waals surface area contributed by atoms with Gasteiger partial charge in [-0.25, -0.2) is 0 Å². The van der Waals surface area contributed by atoms with E-state index in [1.54, 1.807) is 0 Å².